The summed E-state index contributed by atoms with van der Waals surface area (Å²) in [6.45, 7) is 5.43. The van der Waals surface area contributed by atoms with Crippen LogP contribution >= 0.6 is 11.6 Å². The first-order valence-electron chi connectivity index (χ1n) is 6.70. The number of carbonyl (C=O) groups excluding carboxylic acids is 2. The summed E-state index contributed by atoms with van der Waals surface area (Å²) in [7, 11) is 3.28. The lowest BCUT2D eigenvalue weighted by molar-refractivity contribution is -0.130. The average molecular weight is 313 g/mol. The lowest BCUT2D eigenvalue weighted by Crippen LogP contribution is -2.44. The maximum Gasteiger partial charge on any atom is 0.251 e. The summed E-state index contributed by atoms with van der Waals surface area (Å²) in [5.74, 6) is 0.00513. The van der Waals surface area contributed by atoms with Gasteiger partial charge in [-0.1, -0.05) is 11.6 Å². The van der Waals surface area contributed by atoms with Crippen LogP contribution in [0.3, 0.4) is 0 Å². The van der Waals surface area contributed by atoms with Gasteiger partial charge in [0.15, 0.2) is 0 Å². The molecule has 0 bridgehead atoms. The summed E-state index contributed by atoms with van der Waals surface area (Å²) in [5.41, 5.74) is 0.384. The van der Waals surface area contributed by atoms with Crippen molar-refractivity contribution in [1.29, 1.82) is 0 Å². The first kappa shape index (κ1) is 17.3. The van der Waals surface area contributed by atoms with Gasteiger partial charge in [0.2, 0.25) is 5.91 Å². The second kappa shape index (κ2) is 7.31. The third-order valence-corrected chi connectivity index (χ3v) is 3.01. The van der Waals surface area contributed by atoms with Gasteiger partial charge >= 0.3 is 0 Å². The Balaban J connectivity index is 2.80. The molecule has 0 heterocycles. The molecule has 1 aromatic rings. The Hall–Kier alpha value is -1.75. The number of rotatable bonds is 5. The largest absolute Gasteiger partial charge is 0.489 e. The minimum atomic E-state index is -0.599. The number of hydrogen-bond donors (Lipinski definition) is 1. The highest BCUT2D eigenvalue weighted by Crippen LogP contribution is 2.26. The normalized spacial score (nSPS) is 12.0. The molecular formula is C15H21ClN2O3. The van der Waals surface area contributed by atoms with Crippen LogP contribution in [0.15, 0.2) is 18.2 Å². The zero-order valence-corrected chi connectivity index (χ0v) is 13.7. The second-order valence-corrected chi connectivity index (χ2v) is 5.65. The predicted octanol–water partition coefficient (Wildman–Crippen LogP) is 2.33. The molecule has 21 heavy (non-hydrogen) atoms. The van der Waals surface area contributed by atoms with Crippen molar-refractivity contribution >= 4 is 23.4 Å². The number of amides is 2. The molecule has 0 aliphatic heterocycles. The molecule has 5 nitrogen and oxygen atoms in total. The Bertz CT molecular complexity index is 530. The fraction of sp³-hybridized carbons (Fsp3) is 0.467. The molecule has 0 saturated heterocycles. The van der Waals surface area contributed by atoms with Crippen molar-refractivity contribution in [3.63, 3.8) is 0 Å². The van der Waals surface area contributed by atoms with Gasteiger partial charge < -0.3 is 15.0 Å². The Morgan fingerprint density at radius 1 is 1.24 bits per heavy atom. The maximum absolute atomic E-state index is 12.1. The number of benzene rings is 1. The number of ether oxygens (including phenoxy) is 1. The van der Waals surface area contributed by atoms with Gasteiger partial charge in [-0.15, -0.1) is 0 Å². The summed E-state index contributed by atoms with van der Waals surface area (Å²) in [5, 5.41) is 3.00. The number of halogens is 1. The van der Waals surface area contributed by atoms with E-state index >= 15 is 0 Å². The zero-order chi connectivity index (χ0) is 16.2. The van der Waals surface area contributed by atoms with Gasteiger partial charge in [0.05, 0.1) is 11.1 Å². The third-order valence-electron chi connectivity index (χ3n) is 2.72. The highest BCUT2D eigenvalue weighted by atomic mass is 35.5. The van der Waals surface area contributed by atoms with Gasteiger partial charge in [-0.3, -0.25) is 9.59 Å². The number of nitrogens with zero attached hydrogens (tertiary/aromatic N) is 1. The van der Waals surface area contributed by atoms with Crippen molar-refractivity contribution in [2.24, 2.45) is 0 Å². The van der Waals surface area contributed by atoms with Crippen molar-refractivity contribution in [1.82, 2.24) is 10.2 Å². The van der Waals surface area contributed by atoms with Gasteiger partial charge in [0.1, 0.15) is 11.8 Å². The fourth-order valence-electron chi connectivity index (χ4n) is 1.72. The molecule has 2 amide bonds. The van der Waals surface area contributed by atoms with Crippen LogP contribution < -0.4 is 10.1 Å². The van der Waals surface area contributed by atoms with Crippen molar-refractivity contribution in [3.05, 3.63) is 28.8 Å². The fourth-order valence-corrected chi connectivity index (χ4v) is 1.95. The number of nitrogens with one attached hydrogen (secondary N) is 1. The minimum Gasteiger partial charge on any atom is -0.489 e. The molecule has 0 aromatic heterocycles. The molecule has 1 atom stereocenters. The molecule has 0 aliphatic carbocycles. The Kier molecular flexibility index (Phi) is 6.03. The van der Waals surface area contributed by atoms with E-state index in [1.807, 2.05) is 13.8 Å². The van der Waals surface area contributed by atoms with Gasteiger partial charge in [-0.25, -0.2) is 0 Å². The van der Waals surface area contributed by atoms with E-state index in [0.717, 1.165) is 0 Å². The molecule has 0 fully saturated rings. The van der Waals surface area contributed by atoms with Gasteiger partial charge in [-0.2, -0.15) is 0 Å². The molecule has 0 spiro atoms. The molecule has 116 valence electrons. The second-order valence-electron chi connectivity index (χ2n) is 5.24. The summed E-state index contributed by atoms with van der Waals surface area (Å²) in [6, 6.07) is 4.20. The molecule has 6 heteroatoms. The van der Waals surface area contributed by atoms with Gasteiger partial charge in [0, 0.05) is 19.7 Å². The Labute approximate surface area is 130 Å². The van der Waals surface area contributed by atoms with E-state index in [4.69, 9.17) is 16.3 Å². The number of likely N-dealkylation sites (N-methyl/N-ethyl adjacent to an activating group) is 1. The highest BCUT2D eigenvalue weighted by Gasteiger charge is 2.18. The Morgan fingerprint density at radius 3 is 2.33 bits per heavy atom. The van der Waals surface area contributed by atoms with Crippen LogP contribution in [0.25, 0.3) is 0 Å². The molecule has 1 N–H and O–H groups in total. The monoisotopic (exact) mass is 312 g/mol. The molecule has 0 saturated carbocycles. The van der Waals surface area contributed by atoms with Crippen molar-refractivity contribution in [2.75, 3.05) is 14.1 Å². The average Bonchev–Trinajstić information content (AvgIpc) is 2.39. The quantitative estimate of drug-likeness (QED) is 0.908. The molecule has 1 unspecified atom stereocenters. The predicted molar refractivity (Wildman–Crippen MR) is 82.8 cm³/mol. The van der Waals surface area contributed by atoms with E-state index in [1.54, 1.807) is 33.2 Å². The standard InChI is InChI=1S/C15H21ClN2O3/c1-9(2)21-13-7-6-11(8-12(13)16)14(19)17-10(3)15(20)18(4)5/h6-10H,1-5H3,(H,17,19). The number of hydrogen-bond acceptors (Lipinski definition) is 3. The topological polar surface area (TPSA) is 58.6 Å². The van der Waals surface area contributed by atoms with E-state index in [9.17, 15) is 9.59 Å². The molecule has 0 radical (unpaired) electrons. The Morgan fingerprint density at radius 2 is 1.86 bits per heavy atom. The van der Waals surface area contributed by atoms with Crippen LogP contribution in [0.1, 0.15) is 31.1 Å². The smallest absolute Gasteiger partial charge is 0.251 e. The van der Waals surface area contributed by atoms with E-state index in [-0.39, 0.29) is 17.9 Å². The van der Waals surface area contributed by atoms with Crippen molar-refractivity contribution in [2.45, 2.75) is 32.9 Å². The van der Waals surface area contributed by atoms with Crippen LogP contribution in [-0.4, -0.2) is 43.0 Å². The van der Waals surface area contributed by atoms with Gasteiger partial charge in [-0.05, 0) is 39.0 Å². The van der Waals surface area contributed by atoms with Gasteiger partial charge in [0.25, 0.3) is 5.91 Å². The first-order chi connectivity index (χ1) is 9.72. The third kappa shape index (κ3) is 4.93. The molecule has 1 rings (SSSR count). The summed E-state index contributed by atoms with van der Waals surface area (Å²) < 4.78 is 5.51. The summed E-state index contributed by atoms with van der Waals surface area (Å²) in [4.78, 5) is 25.2. The number of carbonyl (C=O) groups is 2. The van der Waals surface area contributed by atoms with E-state index < -0.39 is 6.04 Å². The molecule has 0 aliphatic rings. The van der Waals surface area contributed by atoms with Crippen LogP contribution in [0.5, 0.6) is 5.75 Å². The van der Waals surface area contributed by atoms with E-state index in [2.05, 4.69) is 5.32 Å². The SMILES string of the molecule is CC(C)Oc1ccc(C(=O)NC(C)C(=O)N(C)C)cc1Cl. The van der Waals surface area contributed by atoms with Crippen molar-refractivity contribution < 1.29 is 14.3 Å². The summed E-state index contributed by atoms with van der Waals surface area (Å²) in [6.07, 6.45) is -0.0000818. The lowest BCUT2D eigenvalue weighted by Gasteiger charge is -2.18. The highest BCUT2D eigenvalue weighted by molar-refractivity contribution is 6.32. The molecular weight excluding hydrogens is 292 g/mol. The van der Waals surface area contributed by atoms with E-state index in [1.165, 1.54) is 11.0 Å². The van der Waals surface area contributed by atoms with Crippen LogP contribution in [0, 0.1) is 0 Å². The maximum atomic E-state index is 12.1. The van der Waals surface area contributed by atoms with E-state index in [0.29, 0.717) is 16.3 Å². The zero-order valence-electron chi connectivity index (χ0n) is 12.9. The van der Waals surface area contributed by atoms with Crippen LogP contribution in [0.2, 0.25) is 5.02 Å². The first-order valence-corrected chi connectivity index (χ1v) is 7.08. The molecule has 1 aromatic carbocycles. The minimum absolute atomic E-state index is 0.0000818. The van der Waals surface area contributed by atoms with Crippen LogP contribution in [-0.2, 0) is 4.79 Å². The lowest BCUT2D eigenvalue weighted by atomic mass is 10.2. The van der Waals surface area contributed by atoms with Crippen molar-refractivity contribution in [3.8, 4) is 5.75 Å². The summed E-state index contributed by atoms with van der Waals surface area (Å²) >= 11 is 6.09. The van der Waals surface area contributed by atoms with Crippen LogP contribution in [0.4, 0.5) is 0 Å².